The van der Waals surface area contributed by atoms with Crippen molar-refractivity contribution >= 4 is 29.3 Å². The summed E-state index contributed by atoms with van der Waals surface area (Å²) in [6.07, 6.45) is 0. The molecule has 0 N–H and O–H groups in total. The minimum atomic E-state index is -0.321. The highest BCUT2D eigenvalue weighted by Gasteiger charge is 2.35. The molecular formula is C25H21ClN2O4. The van der Waals surface area contributed by atoms with Crippen molar-refractivity contribution in [2.45, 2.75) is 6.54 Å². The van der Waals surface area contributed by atoms with Gasteiger partial charge in [-0.05, 0) is 54.1 Å². The van der Waals surface area contributed by atoms with E-state index >= 15 is 0 Å². The van der Waals surface area contributed by atoms with Crippen molar-refractivity contribution in [2.24, 2.45) is 0 Å². The first-order valence-electron chi connectivity index (χ1n) is 10.1. The molecule has 0 fully saturated rings. The predicted molar refractivity (Wildman–Crippen MR) is 121 cm³/mol. The molecule has 3 amide bonds. The molecule has 7 heteroatoms. The molecule has 0 saturated heterocycles. The fourth-order valence-electron chi connectivity index (χ4n) is 3.52. The lowest BCUT2D eigenvalue weighted by molar-refractivity contribution is 0.0642. The predicted octanol–water partition coefficient (Wildman–Crippen LogP) is 4.29. The molecule has 0 saturated carbocycles. The quantitative estimate of drug-likeness (QED) is 0.506. The zero-order chi connectivity index (χ0) is 22.7. The van der Waals surface area contributed by atoms with Crippen LogP contribution in [0.1, 0.15) is 36.6 Å². The van der Waals surface area contributed by atoms with Gasteiger partial charge in [0.2, 0.25) is 0 Å². The highest BCUT2D eigenvalue weighted by molar-refractivity contribution is 6.30. The van der Waals surface area contributed by atoms with Gasteiger partial charge in [-0.1, -0.05) is 35.9 Å². The summed E-state index contributed by atoms with van der Waals surface area (Å²) in [4.78, 5) is 40.8. The van der Waals surface area contributed by atoms with Gasteiger partial charge in [-0.15, -0.1) is 0 Å². The number of likely N-dealkylation sites (N-methyl/N-ethyl adjacent to an activating group) is 1. The zero-order valence-electron chi connectivity index (χ0n) is 17.5. The minimum absolute atomic E-state index is 0.108. The lowest BCUT2D eigenvalue weighted by Crippen LogP contribution is -2.31. The summed E-state index contributed by atoms with van der Waals surface area (Å²) < 4.78 is 5.65. The molecule has 1 aliphatic heterocycles. The standard InChI is InChI=1S/C25H21ClN2O4/c1-27(13-14-32-20-11-9-19(26)10-12-20)23(29)18-6-4-5-17(15-18)16-28-24(30)21-7-2-3-8-22(21)25(28)31/h2-12,15H,13-14,16H2,1H3. The highest BCUT2D eigenvalue weighted by Crippen LogP contribution is 2.24. The Morgan fingerprint density at radius 1 is 0.938 bits per heavy atom. The van der Waals surface area contributed by atoms with Crippen LogP contribution in [0.4, 0.5) is 0 Å². The van der Waals surface area contributed by atoms with Crippen LogP contribution in [-0.2, 0) is 6.54 Å². The van der Waals surface area contributed by atoms with Gasteiger partial charge in [0.25, 0.3) is 17.7 Å². The third kappa shape index (κ3) is 4.50. The number of fused-ring (bicyclic) bond motifs is 1. The maximum absolute atomic E-state index is 12.8. The molecule has 0 bridgehead atoms. The van der Waals surface area contributed by atoms with Crippen molar-refractivity contribution in [3.63, 3.8) is 0 Å². The molecule has 1 heterocycles. The van der Waals surface area contributed by atoms with Crippen LogP contribution in [0, 0.1) is 0 Å². The summed E-state index contributed by atoms with van der Waals surface area (Å²) in [5, 5.41) is 0.630. The third-order valence-corrected chi connectivity index (χ3v) is 5.50. The van der Waals surface area contributed by atoms with Crippen molar-refractivity contribution in [3.8, 4) is 5.75 Å². The average molecular weight is 449 g/mol. The number of carbonyl (C=O) groups is 3. The van der Waals surface area contributed by atoms with E-state index in [1.165, 1.54) is 4.90 Å². The van der Waals surface area contributed by atoms with Crippen LogP contribution >= 0.6 is 11.6 Å². The van der Waals surface area contributed by atoms with E-state index in [-0.39, 0.29) is 24.3 Å². The van der Waals surface area contributed by atoms with Crippen LogP contribution in [0.25, 0.3) is 0 Å². The van der Waals surface area contributed by atoms with Gasteiger partial charge in [-0.2, -0.15) is 0 Å². The number of carbonyl (C=O) groups excluding carboxylic acids is 3. The Hall–Kier alpha value is -3.64. The van der Waals surface area contributed by atoms with E-state index in [1.807, 2.05) is 0 Å². The van der Waals surface area contributed by atoms with Crippen LogP contribution in [0.15, 0.2) is 72.8 Å². The lowest BCUT2D eigenvalue weighted by Gasteiger charge is -2.19. The molecule has 0 atom stereocenters. The van der Waals surface area contributed by atoms with Crippen molar-refractivity contribution in [2.75, 3.05) is 20.2 Å². The molecule has 0 aliphatic carbocycles. The van der Waals surface area contributed by atoms with Gasteiger partial charge in [0.05, 0.1) is 24.2 Å². The molecule has 0 radical (unpaired) electrons. The van der Waals surface area contributed by atoms with Crippen molar-refractivity contribution < 1.29 is 19.1 Å². The number of imide groups is 1. The largest absolute Gasteiger partial charge is 0.492 e. The van der Waals surface area contributed by atoms with Crippen LogP contribution in [0.5, 0.6) is 5.75 Å². The van der Waals surface area contributed by atoms with Gasteiger partial charge in [0, 0.05) is 17.6 Å². The molecule has 1 aliphatic rings. The summed E-state index contributed by atoms with van der Waals surface area (Å²) >= 11 is 5.86. The summed E-state index contributed by atoms with van der Waals surface area (Å²) in [6, 6.07) is 20.8. The number of rotatable bonds is 7. The molecule has 6 nitrogen and oxygen atoms in total. The van der Waals surface area contributed by atoms with Crippen molar-refractivity contribution in [1.29, 1.82) is 0 Å². The van der Waals surface area contributed by atoms with E-state index in [1.54, 1.807) is 84.7 Å². The molecular weight excluding hydrogens is 428 g/mol. The number of nitrogens with zero attached hydrogens (tertiary/aromatic N) is 2. The van der Waals surface area contributed by atoms with E-state index in [4.69, 9.17) is 16.3 Å². The smallest absolute Gasteiger partial charge is 0.261 e. The first-order chi connectivity index (χ1) is 15.4. The average Bonchev–Trinajstić information content (AvgIpc) is 3.05. The minimum Gasteiger partial charge on any atom is -0.492 e. The van der Waals surface area contributed by atoms with E-state index in [0.717, 1.165) is 0 Å². The number of ether oxygens (including phenoxy) is 1. The third-order valence-electron chi connectivity index (χ3n) is 5.25. The summed E-state index contributed by atoms with van der Waals surface area (Å²) in [5.41, 5.74) is 2.00. The number of benzene rings is 3. The van der Waals surface area contributed by atoms with E-state index < -0.39 is 0 Å². The second-order valence-electron chi connectivity index (χ2n) is 7.47. The Morgan fingerprint density at radius 3 is 2.25 bits per heavy atom. The topological polar surface area (TPSA) is 66.9 Å². The number of amides is 3. The Kier molecular flexibility index (Phi) is 6.23. The van der Waals surface area contributed by atoms with Crippen molar-refractivity contribution in [1.82, 2.24) is 9.80 Å². The summed E-state index contributed by atoms with van der Waals surface area (Å²) in [7, 11) is 1.70. The molecule has 4 rings (SSSR count). The monoisotopic (exact) mass is 448 g/mol. The molecule has 0 aromatic heterocycles. The highest BCUT2D eigenvalue weighted by atomic mass is 35.5. The maximum atomic E-state index is 12.8. The Bertz CT molecular complexity index is 1140. The number of halogens is 1. The Morgan fingerprint density at radius 2 is 1.59 bits per heavy atom. The van der Waals surface area contributed by atoms with E-state index in [9.17, 15) is 14.4 Å². The van der Waals surface area contributed by atoms with Gasteiger partial charge in [0.1, 0.15) is 12.4 Å². The summed E-state index contributed by atoms with van der Waals surface area (Å²) in [6.45, 7) is 0.833. The molecule has 3 aromatic rings. The van der Waals surface area contributed by atoms with Crippen LogP contribution in [-0.4, -0.2) is 47.7 Å². The van der Waals surface area contributed by atoms with Crippen LogP contribution in [0.3, 0.4) is 0 Å². The van der Waals surface area contributed by atoms with Gasteiger partial charge in [0.15, 0.2) is 0 Å². The normalized spacial score (nSPS) is 12.6. The van der Waals surface area contributed by atoms with Gasteiger partial charge in [-0.3, -0.25) is 19.3 Å². The second kappa shape index (κ2) is 9.24. The van der Waals surface area contributed by atoms with Gasteiger partial charge in [-0.25, -0.2) is 0 Å². The second-order valence-corrected chi connectivity index (χ2v) is 7.91. The van der Waals surface area contributed by atoms with E-state index in [2.05, 4.69) is 0 Å². The SMILES string of the molecule is CN(CCOc1ccc(Cl)cc1)C(=O)c1cccc(CN2C(=O)c3ccccc3C2=O)c1. The van der Waals surface area contributed by atoms with Crippen LogP contribution < -0.4 is 4.74 Å². The molecule has 0 spiro atoms. The van der Waals surface area contributed by atoms with Crippen LogP contribution in [0.2, 0.25) is 5.02 Å². The van der Waals surface area contributed by atoms with Gasteiger partial charge >= 0.3 is 0 Å². The molecule has 162 valence electrons. The Labute approximate surface area is 191 Å². The number of hydrogen-bond donors (Lipinski definition) is 0. The lowest BCUT2D eigenvalue weighted by atomic mass is 10.1. The molecule has 3 aromatic carbocycles. The first kappa shape index (κ1) is 21.6. The fraction of sp³-hybridized carbons (Fsp3) is 0.160. The van der Waals surface area contributed by atoms with Gasteiger partial charge < -0.3 is 9.64 Å². The maximum Gasteiger partial charge on any atom is 0.261 e. The fourth-order valence-corrected chi connectivity index (χ4v) is 3.65. The molecule has 32 heavy (non-hydrogen) atoms. The van der Waals surface area contributed by atoms with Crippen molar-refractivity contribution in [3.05, 3.63) is 100 Å². The summed E-state index contributed by atoms with van der Waals surface area (Å²) in [5.74, 6) is -0.135. The zero-order valence-corrected chi connectivity index (χ0v) is 18.2. The first-order valence-corrected chi connectivity index (χ1v) is 10.5. The van der Waals surface area contributed by atoms with E-state index in [0.29, 0.717) is 46.2 Å². The number of hydrogen-bond acceptors (Lipinski definition) is 4. The molecule has 0 unspecified atom stereocenters. The Balaban J connectivity index is 1.38.